The maximum Gasteiger partial charge on any atom is 0.177 e. The monoisotopic (exact) mass is 137 g/mol. The molecule has 0 bridgehead atoms. The second kappa shape index (κ2) is 2.78. The van der Waals surface area contributed by atoms with Crippen molar-refractivity contribution in [1.29, 1.82) is 5.41 Å². The topological polar surface area (TPSA) is 40.9 Å². The highest BCUT2D eigenvalue weighted by Gasteiger charge is 2.12. The Hall–Kier alpha value is -0.920. The van der Waals surface area contributed by atoms with Crippen LogP contribution in [0.1, 0.15) is 26.2 Å². The van der Waals surface area contributed by atoms with Crippen LogP contribution in [0.25, 0.3) is 0 Å². The first-order chi connectivity index (χ1) is 4.72. The zero-order chi connectivity index (χ0) is 7.56. The van der Waals surface area contributed by atoms with E-state index < -0.39 is 0 Å². The second-order valence-corrected chi connectivity index (χ2v) is 2.55. The van der Waals surface area contributed by atoms with Crippen molar-refractivity contribution in [2.75, 3.05) is 0 Å². The van der Waals surface area contributed by atoms with Gasteiger partial charge in [-0.15, -0.1) is 0 Å². The molecular weight excluding hydrogens is 126 g/mol. The third-order valence-electron chi connectivity index (χ3n) is 1.71. The Morgan fingerprint density at radius 3 is 2.80 bits per heavy atom. The van der Waals surface area contributed by atoms with E-state index in [1.807, 2.05) is 6.08 Å². The molecule has 0 spiro atoms. The summed E-state index contributed by atoms with van der Waals surface area (Å²) >= 11 is 0. The highest BCUT2D eigenvalue weighted by Crippen LogP contribution is 2.18. The van der Waals surface area contributed by atoms with Crippen LogP contribution in [0.3, 0.4) is 0 Å². The molecule has 0 atom stereocenters. The molecule has 0 saturated carbocycles. The number of ketones is 1. The van der Waals surface area contributed by atoms with Crippen LogP contribution >= 0.6 is 0 Å². The zero-order valence-corrected chi connectivity index (χ0v) is 6.11. The van der Waals surface area contributed by atoms with E-state index >= 15 is 0 Å². The molecule has 0 aromatic carbocycles. The van der Waals surface area contributed by atoms with Crippen LogP contribution in [-0.4, -0.2) is 11.5 Å². The van der Waals surface area contributed by atoms with Gasteiger partial charge in [0.05, 0.1) is 5.71 Å². The Morgan fingerprint density at radius 2 is 2.40 bits per heavy atom. The lowest BCUT2D eigenvalue weighted by atomic mass is 10.1. The number of nitrogens with one attached hydrogen (secondary N) is 1. The Bertz CT molecular complexity index is 203. The fraction of sp³-hybridized carbons (Fsp3) is 0.500. The van der Waals surface area contributed by atoms with E-state index in [4.69, 9.17) is 5.41 Å². The summed E-state index contributed by atoms with van der Waals surface area (Å²) in [4.78, 5) is 10.7. The van der Waals surface area contributed by atoms with E-state index in [-0.39, 0.29) is 11.5 Å². The Kier molecular flexibility index (Phi) is 2.00. The predicted molar refractivity (Wildman–Crippen MR) is 40.3 cm³/mol. The van der Waals surface area contributed by atoms with Crippen molar-refractivity contribution in [1.82, 2.24) is 0 Å². The summed E-state index contributed by atoms with van der Waals surface area (Å²) in [5.74, 6) is -0.117. The highest BCUT2D eigenvalue weighted by atomic mass is 16.1. The van der Waals surface area contributed by atoms with Gasteiger partial charge in [-0.25, -0.2) is 0 Å². The van der Waals surface area contributed by atoms with E-state index in [0.717, 1.165) is 24.8 Å². The van der Waals surface area contributed by atoms with Crippen LogP contribution in [-0.2, 0) is 4.79 Å². The van der Waals surface area contributed by atoms with Crippen LogP contribution in [0.2, 0.25) is 0 Å². The SMILES string of the molecule is CC(=O)C(=N)C1=CCCC1. The number of carbonyl (C=O) groups excluding carboxylic acids is 1. The Morgan fingerprint density at radius 1 is 1.70 bits per heavy atom. The number of carbonyl (C=O) groups is 1. The number of rotatable bonds is 2. The first-order valence-corrected chi connectivity index (χ1v) is 3.50. The van der Waals surface area contributed by atoms with E-state index in [2.05, 4.69) is 0 Å². The van der Waals surface area contributed by atoms with Gasteiger partial charge in [0, 0.05) is 6.92 Å². The number of hydrogen-bond acceptors (Lipinski definition) is 2. The normalized spacial score (nSPS) is 16.7. The summed E-state index contributed by atoms with van der Waals surface area (Å²) in [5, 5.41) is 7.32. The molecule has 2 nitrogen and oxygen atoms in total. The molecule has 0 fully saturated rings. The molecule has 1 rings (SSSR count). The Labute approximate surface area is 60.4 Å². The maximum atomic E-state index is 10.7. The quantitative estimate of drug-likeness (QED) is 0.578. The van der Waals surface area contributed by atoms with Crippen LogP contribution in [0.5, 0.6) is 0 Å². The maximum absolute atomic E-state index is 10.7. The van der Waals surface area contributed by atoms with E-state index in [1.54, 1.807) is 0 Å². The van der Waals surface area contributed by atoms with Gasteiger partial charge in [-0.05, 0) is 24.8 Å². The van der Waals surface area contributed by atoms with Crippen molar-refractivity contribution in [3.63, 3.8) is 0 Å². The molecular formula is C8H11NO. The first kappa shape index (κ1) is 7.19. The summed E-state index contributed by atoms with van der Waals surface area (Å²) in [6, 6.07) is 0. The van der Waals surface area contributed by atoms with Gasteiger partial charge in [-0.3, -0.25) is 10.2 Å². The smallest absolute Gasteiger partial charge is 0.177 e. The molecule has 0 unspecified atom stereocenters. The van der Waals surface area contributed by atoms with Crippen LogP contribution < -0.4 is 0 Å². The molecule has 2 heteroatoms. The fourth-order valence-electron chi connectivity index (χ4n) is 1.12. The van der Waals surface area contributed by atoms with Gasteiger partial charge in [0.25, 0.3) is 0 Å². The number of allylic oxidation sites excluding steroid dienone is 2. The van der Waals surface area contributed by atoms with Gasteiger partial charge in [0.15, 0.2) is 5.78 Å². The van der Waals surface area contributed by atoms with Gasteiger partial charge in [-0.1, -0.05) is 6.08 Å². The third-order valence-corrected chi connectivity index (χ3v) is 1.71. The van der Waals surface area contributed by atoms with Gasteiger partial charge in [0.2, 0.25) is 0 Å². The molecule has 0 aliphatic heterocycles. The molecule has 0 heterocycles. The molecule has 1 aliphatic carbocycles. The minimum atomic E-state index is -0.117. The summed E-state index contributed by atoms with van der Waals surface area (Å²) in [6.07, 6.45) is 5.04. The summed E-state index contributed by atoms with van der Waals surface area (Å²) in [5.41, 5.74) is 1.14. The lowest BCUT2D eigenvalue weighted by Gasteiger charge is -1.97. The fourth-order valence-corrected chi connectivity index (χ4v) is 1.12. The van der Waals surface area contributed by atoms with Crippen molar-refractivity contribution in [2.24, 2.45) is 0 Å². The summed E-state index contributed by atoms with van der Waals surface area (Å²) < 4.78 is 0. The standard InChI is InChI=1S/C8H11NO/c1-6(10)8(9)7-4-2-3-5-7/h4,9H,2-3,5H2,1H3. The summed E-state index contributed by atoms with van der Waals surface area (Å²) in [6.45, 7) is 1.45. The predicted octanol–water partition coefficient (Wildman–Crippen LogP) is 1.71. The lowest BCUT2D eigenvalue weighted by Crippen LogP contribution is -2.09. The minimum absolute atomic E-state index is 0.117. The van der Waals surface area contributed by atoms with Crippen molar-refractivity contribution >= 4 is 11.5 Å². The number of Topliss-reactive ketones (excluding diaryl/α,β-unsaturated/α-hetero) is 1. The minimum Gasteiger partial charge on any atom is -0.297 e. The zero-order valence-electron chi connectivity index (χ0n) is 6.11. The second-order valence-electron chi connectivity index (χ2n) is 2.55. The summed E-state index contributed by atoms with van der Waals surface area (Å²) in [7, 11) is 0. The molecule has 0 saturated heterocycles. The lowest BCUT2D eigenvalue weighted by molar-refractivity contribution is -0.111. The number of hydrogen-bond donors (Lipinski definition) is 1. The molecule has 1 N–H and O–H groups in total. The van der Waals surface area contributed by atoms with Gasteiger partial charge < -0.3 is 0 Å². The van der Waals surface area contributed by atoms with Crippen molar-refractivity contribution in [3.8, 4) is 0 Å². The van der Waals surface area contributed by atoms with Crippen LogP contribution in [0.15, 0.2) is 11.6 Å². The van der Waals surface area contributed by atoms with E-state index in [1.165, 1.54) is 6.92 Å². The van der Waals surface area contributed by atoms with Crippen molar-refractivity contribution in [3.05, 3.63) is 11.6 Å². The van der Waals surface area contributed by atoms with Gasteiger partial charge in [0.1, 0.15) is 0 Å². The van der Waals surface area contributed by atoms with E-state index in [9.17, 15) is 4.79 Å². The average molecular weight is 137 g/mol. The van der Waals surface area contributed by atoms with Gasteiger partial charge in [-0.2, -0.15) is 0 Å². The third kappa shape index (κ3) is 1.32. The molecule has 0 aromatic heterocycles. The first-order valence-electron chi connectivity index (χ1n) is 3.50. The van der Waals surface area contributed by atoms with Crippen LogP contribution in [0, 0.1) is 5.41 Å². The molecule has 1 aliphatic rings. The van der Waals surface area contributed by atoms with Crippen LogP contribution in [0.4, 0.5) is 0 Å². The molecule has 10 heavy (non-hydrogen) atoms. The molecule has 0 radical (unpaired) electrons. The highest BCUT2D eigenvalue weighted by molar-refractivity contribution is 6.44. The van der Waals surface area contributed by atoms with E-state index in [0.29, 0.717) is 0 Å². The largest absolute Gasteiger partial charge is 0.297 e. The average Bonchev–Trinajstić information content (AvgIpc) is 2.36. The van der Waals surface area contributed by atoms with Crippen molar-refractivity contribution in [2.45, 2.75) is 26.2 Å². The molecule has 54 valence electrons. The van der Waals surface area contributed by atoms with Gasteiger partial charge >= 0.3 is 0 Å². The molecule has 0 amide bonds. The molecule has 0 aromatic rings. The Balaban J connectivity index is 2.65. The van der Waals surface area contributed by atoms with Crippen molar-refractivity contribution < 1.29 is 4.79 Å².